The van der Waals surface area contributed by atoms with Gasteiger partial charge in [0.05, 0.1) is 6.26 Å². The van der Waals surface area contributed by atoms with Gasteiger partial charge >= 0.3 is 5.97 Å². The monoisotopic (exact) mass is 154 g/mol. The van der Waals surface area contributed by atoms with E-state index in [4.69, 9.17) is 0 Å². The van der Waals surface area contributed by atoms with Crippen LogP contribution in [0.4, 0.5) is 0 Å². The molecule has 3 heteroatoms. The van der Waals surface area contributed by atoms with Gasteiger partial charge in [0.2, 0.25) is 0 Å². The third-order valence-corrected chi connectivity index (χ3v) is 1.70. The molecule has 11 heavy (non-hydrogen) atoms. The van der Waals surface area contributed by atoms with Crippen molar-refractivity contribution >= 4 is 12.3 Å². The highest BCUT2D eigenvalue weighted by atomic mass is 16.5. The zero-order chi connectivity index (χ0) is 8.32. The largest absolute Gasteiger partial charge is 0.435 e. The highest BCUT2D eigenvalue weighted by Gasteiger charge is 2.39. The standard InChI is InChI=1S/C8H10O3/c1-7(10)11-5-4-8(6-9)2-3-8/h4-6H,2-3H2,1H3/b5-4+. The van der Waals surface area contributed by atoms with Crippen molar-refractivity contribution in [2.75, 3.05) is 0 Å². The van der Waals surface area contributed by atoms with E-state index >= 15 is 0 Å². The summed E-state index contributed by atoms with van der Waals surface area (Å²) in [6, 6.07) is 0. The van der Waals surface area contributed by atoms with Gasteiger partial charge in [-0.1, -0.05) is 0 Å². The zero-order valence-electron chi connectivity index (χ0n) is 6.37. The second-order valence-corrected chi connectivity index (χ2v) is 2.76. The van der Waals surface area contributed by atoms with Crippen molar-refractivity contribution in [3.05, 3.63) is 12.3 Å². The molecule has 0 aliphatic heterocycles. The lowest BCUT2D eigenvalue weighted by atomic mass is 10.1. The Bertz CT molecular complexity index is 201. The fourth-order valence-corrected chi connectivity index (χ4v) is 0.733. The van der Waals surface area contributed by atoms with E-state index in [9.17, 15) is 9.59 Å². The van der Waals surface area contributed by atoms with Crippen LogP contribution in [0.3, 0.4) is 0 Å². The molecule has 60 valence electrons. The SMILES string of the molecule is CC(=O)O/C=C/C1(C=O)CC1. The van der Waals surface area contributed by atoms with Gasteiger partial charge in [0, 0.05) is 12.3 Å². The van der Waals surface area contributed by atoms with Gasteiger partial charge in [-0.3, -0.25) is 4.79 Å². The summed E-state index contributed by atoms with van der Waals surface area (Å²) in [5.41, 5.74) is -0.310. The Morgan fingerprint density at radius 2 is 2.18 bits per heavy atom. The Labute approximate surface area is 65.0 Å². The van der Waals surface area contributed by atoms with Gasteiger partial charge in [-0.05, 0) is 18.9 Å². The summed E-state index contributed by atoms with van der Waals surface area (Å²) in [5, 5.41) is 0. The van der Waals surface area contributed by atoms with Gasteiger partial charge in [-0.2, -0.15) is 0 Å². The van der Waals surface area contributed by atoms with Crippen molar-refractivity contribution < 1.29 is 14.3 Å². The van der Waals surface area contributed by atoms with Crippen LogP contribution >= 0.6 is 0 Å². The topological polar surface area (TPSA) is 43.4 Å². The van der Waals surface area contributed by atoms with Crippen molar-refractivity contribution in [1.82, 2.24) is 0 Å². The van der Waals surface area contributed by atoms with Gasteiger partial charge in [-0.15, -0.1) is 0 Å². The molecule has 0 atom stereocenters. The minimum Gasteiger partial charge on any atom is -0.435 e. The molecule has 0 aromatic heterocycles. The maximum absolute atomic E-state index is 10.4. The first kappa shape index (κ1) is 7.98. The van der Waals surface area contributed by atoms with Gasteiger partial charge in [0.15, 0.2) is 0 Å². The average Bonchev–Trinajstić information content (AvgIpc) is 2.69. The van der Waals surface area contributed by atoms with Gasteiger partial charge in [0.1, 0.15) is 6.29 Å². The zero-order valence-corrected chi connectivity index (χ0v) is 6.37. The summed E-state index contributed by atoms with van der Waals surface area (Å²) < 4.78 is 4.54. The molecule has 0 aromatic rings. The quantitative estimate of drug-likeness (QED) is 0.346. The number of carbonyl (C=O) groups is 2. The van der Waals surface area contributed by atoms with Gasteiger partial charge in [-0.25, -0.2) is 0 Å². The highest BCUT2D eigenvalue weighted by molar-refractivity contribution is 5.68. The minimum absolute atomic E-state index is 0.310. The second-order valence-electron chi connectivity index (χ2n) is 2.76. The molecular weight excluding hydrogens is 144 g/mol. The number of ether oxygens (including phenoxy) is 1. The van der Waals surface area contributed by atoms with Crippen molar-refractivity contribution in [2.45, 2.75) is 19.8 Å². The Kier molecular flexibility index (Phi) is 2.08. The number of hydrogen-bond acceptors (Lipinski definition) is 3. The van der Waals surface area contributed by atoms with Crippen LogP contribution in [0.1, 0.15) is 19.8 Å². The Morgan fingerprint density at radius 3 is 2.55 bits per heavy atom. The predicted molar refractivity (Wildman–Crippen MR) is 38.6 cm³/mol. The van der Waals surface area contributed by atoms with E-state index in [1.54, 1.807) is 6.08 Å². The van der Waals surface area contributed by atoms with Crippen LogP contribution in [-0.4, -0.2) is 12.3 Å². The molecule has 0 N–H and O–H groups in total. The maximum Gasteiger partial charge on any atom is 0.307 e. The molecule has 1 fully saturated rings. The molecule has 0 bridgehead atoms. The van der Waals surface area contributed by atoms with E-state index in [-0.39, 0.29) is 11.4 Å². The van der Waals surface area contributed by atoms with Crippen molar-refractivity contribution in [3.8, 4) is 0 Å². The predicted octanol–water partition coefficient (Wildman–Crippen LogP) is 1.04. The number of hydrogen-bond donors (Lipinski definition) is 0. The molecule has 0 saturated heterocycles. The van der Waals surface area contributed by atoms with Crippen LogP contribution in [0, 0.1) is 5.41 Å². The van der Waals surface area contributed by atoms with Gasteiger partial charge in [0.25, 0.3) is 0 Å². The molecule has 0 aromatic carbocycles. The first-order valence-electron chi connectivity index (χ1n) is 3.50. The van der Waals surface area contributed by atoms with Crippen molar-refractivity contribution in [1.29, 1.82) is 0 Å². The minimum atomic E-state index is -0.358. The normalized spacial score (nSPS) is 19.7. The van der Waals surface area contributed by atoms with E-state index in [0.717, 1.165) is 19.1 Å². The first-order valence-corrected chi connectivity index (χ1v) is 3.50. The van der Waals surface area contributed by atoms with Crippen molar-refractivity contribution in [2.24, 2.45) is 5.41 Å². The van der Waals surface area contributed by atoms with E-state index in [0.29, 0.717) is 0 Å². The second kappa shape index (κ2) is 2.86. The fourth-order valence-electron chi connectivity index (χ4n) is 0.733. The summed E-state index contributed by atoms with van der Waals surface area (Å²) in [5.74, 6) is -0.358. The van der Waals surface area contributed by atoms with E-state index in [1.165, 1.54) is 13.2 Å². The smallest absolute Gasteiger partial charge is 0.307 e. The summed E-state index contributed by atoms with van der Waals surface area (Å²) in [6.07, 6.45) is 5.57. The van der Waals surface area contributed by atoms with E-state index < -0.39 is 0 Å². The fraction of sp³-hybridized carbons (Fsp3) is 0.500. The summed E-state index contributed by atoms with van der Waals surface area (Å²) in [6.45, 7) is 1.32. The Balaban J connectivity index is 2.35. The number of allylic oxidation sites excluding steroid dienone is 1. The average molecular weight is 154 g/mol. The third-order valence-electron chi connectivity index (χ3n) is 1.70. The molecule has 3 nitrogen and oxygen atoms in total. The van der Waals surface area contributed by atoms with Crippen LogP contribution in [0.25, 0.3) is 0 Å². The third kappa shape index (κ3) is 2.18. The number of esters is 1. The molecule has 0 unspecified atom stereocenters. The molecule has 1 aliphatic carbocycles. The first-order chi connectivity index (χ1) is 5.18. The summed E-state index contributed by atoms with van der Waals surface area (Å²) in [7, 11) is 0. The van der Waals surface area contributed by atoms with Crippen LogP contribution in [0.5, 0.6) is 0 Å². The molecule has 0 radical (unpaired) electrons. The lowest BCUT2D eigenvalue weighted by molar-refractivity contribution is -0.135. The summed E-state index contributed by atoms with van der Waals surface area (Å²) in [4.78, 5) is 20.6. The van der Waals surface area contributed by atoms with Crippen LogP contribution in [-0.2, 0) is 14.3 Å². The van der Waals surface area contributed by atoms with Gasteiger partial charge < -0.3 is 9.53 Å². The Hall–Kier alpha value is -1.12. The number of carbonyl (C=O) groups excluding carboxylic acids is 2. The van der Waals surface area contributed by atoms with Crippen LogP contribution in [0.2, 0.25) is 0 Å². The molecule has 0 spiro atoms. The number of aldehydes is 1. The van der Waals surface area contributed by atoms with E-state index in [1.807, 2.05) is 0 Å². The van der Waals surface area contributed by atoms with Crippen LogP contribution in [0.15, 0.2) is 12.3 Å². The molecular formula is C8H10O3. The molecule has 0 amide bonds. The summed E-state index contributed by atoms with van der Waals surface area (Å²) >= 11 is 0. The molecule has 0 heterocycles. The molecule has 1 aliphatic rings. The molecule has 1 rings (SSSR count). The van der Waals surface area contributed by atoms with E-state index in [2.05, 4.69) is 4.74 Å². The highest BCUT2D eigenvalue weighted by Crippen LogP contribution is 2.44. The number of rotatable bonds is 3. The molecule has 1 saturated carbocycles. The lowest BCUT2D eigenvalue weighted by Gasteiger charge is -1.95. The Morgan fingerprint density at radius 1 is 1.55 bits per heavy atom. The maximum atomic E-state index is 10.4. The van der Waals surface area contributed by atoms with Crippen molar-refractivity contribution in [3.63, 3.8) is 0 Å². The lowest BCUT2D eigenvalue weighted by Crippen LogP contribution is -1.97. The van der Waals surface area contributed by atoms with Crippen LogP contribution < -0.4 is 0 Å².